The number of hydrogen-bond acceptors (Lipinski definition) is 2. The minimum atomic E-state index is 0.500. The number of aromatic amines is 1. The van der Waals surface area contributed by atoms with Gasteiger partial charge in [0.2, 0.25) is 0 Å². The normalized spacial score (nSPS) is 10.7. The Kier molecular flexibility index (Phi) is 2.90. The molecule has 0 bridgehead atoms. The highest BCUT2D eigenvalue weighted by atomic mass is 35.5. The van der Waals surface area contributed by atoms with Crippen LogP contribution in [0.2, 0.25) is 5.15 Å². The first-order valence-electron chi connectivity index (χ1n) is 5.74. The molecule has 2 aromatic heterocycles. The number of pyridine rings is 1. The summed E-state index contributed by atoms with van der Waals surface area (Å²) in [6, 6.07) is 12.2. The van der Waals surface area contributed by atoms with Crippen molar-refractivity contribution in [3.8, 4) is 0 Å². The molecule has 0 aliphatic carbocycles. The fourth-order valence-corrected chi connectivity index (χ4v) is 2.16. The second-order valence-corrected chi connectivity index (χ2v) is 4.43. The largest absolute Gasteiger partial charge is 0.379 e. The van der Waals surface area contributed by atoms with E-state index in [0.717, 1.165) is 23.1 Å². The molecule has 0 spiro atoms. The lowest BCUT2D eigenvalue weighted by Crippen LogP contribution is -2.00. The molecule has 0 aliphatic rings. The summed E-state index contributed by atoms with van der Waals surface area (Å²) in [5.41, 5.74) is 3.09. The minimum absolute atomic E-state index is 0.500. The topological polar surface area (TPSA) is 40.7 Å². The van der Waals surface area contributed by atoms with Gasteiger partial charge in [-0.05, 0) is 11.6 Å². The summed E-state index contributed by atoms with van der Waals surface area (Å²) in [6.45, 7) is 0.768. The molecule has 2 N–H and O–H groups in total. The average Bonchev–Trinajstić information content (AvgIpc) is 2.90. The summed E-state index contributed by atoms with van der Waals surface area (Å²) in [5, 5.41) is 4.94. The number of aromatic nitrogens is 2. The van der Waals surface area contributed by atoms with Crippen LogP contribution in [0.1, 0.15) is 5.56 Å². The van der Waals surface area contributed by atoms with E-state index in [-0.39, 0.29) is 0 Å². The first-order chi connectivity index (χ1) is 8.84. The van der Waals surface area contributed by atoms with E-state index >= 15 is 0 Å². The highest BCUT2D eigenvalue weighted by Gasteiger charge is 2.06. The molecule has 4 heteroatoms. The van der Waals surface area contributed by atoms with E-state index in [9.17, 15) is 0 Å². The Morgan fingerprint density at radius 3 is 2.83 bits per heavy atom. The first kappa shape index (κ1) is 11.1. The van der Waals surface area contributed by atoms with E-state index in [2.05, 4.69) is 27.4 Å². The molecule has 0 saturated carbocycles. The smallest absolute Gasteiger partial charge is 0.153 e. The summed E-state index contributed by atoms with van der Waals surface area (Å²) in [6.07, 6.45) is 3.63. The van der Waals surface area contributed by atoms with E-state index in [1.807, 2.05) is 30.5 Å². The quantitative estimate of drug-likeness (QED) is 0.700. The maximum atomic E-state index is 6.02. The number of halogens is 1. The van der Waals surface area contributed by atoms with Gasteiger partial charge in [0.25, 0.3) is 0 Å². The second-order valence-electron chi connectivity index (χ2n) is 4.07. The number of fused-ring (bicyclic) bond motifs is 1. The summed E-state index contributed by atoms with van der Waals surface area (Å²) >= 11 is 6.02. The zero-order valence-corrected chi connectivity index (χ0v) is 10.4. The predicted molar refractivity (Wildman–Crippen MR) is 74.9 cm³/mol. The standard InChI is InChI=1S/C14H12ClN3/c15-14-13-11(6-7-16-13)12(9-18-14)17-8-10-4-2-1-3-5-10/h1-7,9,16-17H,8H2. The Balaban J connectivity index is 1.87. The fourth-order valence-electron chi connectivity index (χ4n) is 1.95. The Morgan fingerprint density at radius 1 is 1.17 bits per heavy atom. The fraction of sp³-hybridized carbons (Fsp3) is 0.0714. The lowest BCUT2D eigenvalue weighted by molar-refractivity contribution is 1.15. The van der Waals surface area contributed by atoms with Crippen LogP contribution in [0.15, 0.2) is 48.8 Å². The summed E-state index contributed by atoms with van der Waals surface area (Å²) in [7, 11) is 0. The van der Waals surface area contributed by atoms with Crippen LogP contribution < -0.4 is 5.32 Å². The van der Waals surface area contributed by atoms with Crippen molar-refractivity contribution in [3.63, 3.8) is 0 Å². The number of rotatable bonds is 3. The molecule has 90 valence electrons. The van der Waals surface area contributed by atoms with Crippen LogP contribution >= 0.6 is 11.6 Å². The van der Waals surface area contributed by atoms with Crippen molar-refractivity contribution in [3.05, 3.63) is 59.5 Å². The average molecular weight is 258 g/mol. The van der Waals surface area contributed by atoms with Gasteiger partial charge >= 0.3 is 0 Å². The predicted octanol–water partition coefficient (Wildman–Crippen LogP) is 3.83. The lowest BCUT2D eigenvalue weighted by Gasteiger charge is -2.08. The van der Waals surface area contributed by atoms with Gasteiger partial charge in [-0.2, -0.15) is 0 Å². The molecule has 3 aromatic rings. The van der Waals surface area contributed by atoms with E-state index in [0.29, 0.717) is 5.15 Å². The summed E-state index contributed by atoms with van der Waals surface area (Å²) in [4.78, 5) is 7.26. The van der Waals surface area contributed by atoms with Gasteiger partial charge < -0.3 is 10.3 Å². The number of nitrogens with one attached hydrogen (secondary N) is 2. The highest BCUT2D eigenvalue weighted by molar-refractivity contribution is 6.34. The third-order valence-electron chi connectivity index (χ3n) is 2.88. The summed E-state index contributed by atoms with van der Waals surface area (Å²) in [5.74, 6) is 0. The molecule has 0 saturated heterocycles. The number of nitrogens with zero attached hydrogens (tertiary/aromatic N) is 1. The third-order valence-corrected chi connectivity index (χ3v) is 3.16. The van der Waals surface area contributed by atoms with Gasteiger partial charge in [0.15, 0.2) is 5.15 Å². The van der Waals surface area contributed by atoms with Crippen LogP contribution in [-0.4, -0.2) is 9.97 Å². The monoisotopic (exact) mass is 257 g/mol. The molecule has 2 heterocycles. The van der Waals surface area contributed by atoms with Gasteiger partial charge in [-0.25, -0.2) is 4.98 Å². The number of H-pyrrole nitrogens is 1. The van der Waals surface area contributed by atoms with Crippen molar-refractivity contribution >= 4 is 28.2 Å². The maximum absolute atomic E-state index is 6.02. The number of hydrogen-bond donors (Lipinski definition) is 2. The Bertz CT molecular complexity index is 661. The van der Waals surface area contributed by atoms with Crippen molar-refractivity contribution in [2.45, 2.75) is 6.54 Å². The molecule has 0 radical (unpaired) electrons. The molecule has 3 rings (SSSR count). The van der Waals surface area contributed by atoms with Gasteiger partial charge in [0.1, 0.15) is 0 Å². The summed E-state index contributed by atoms with van der Waals surface area (Å²) < 4.78 is 0. The Labute approximate surface area is 110 Å². The number of benzene rings is 1. The highest BCUT2D eigenvalue weighted by Crippen LogP contribution is 2.26. The van der Waals surface area contributed by atoms with Gasteiger partial charge in [-0.1, -0.05) is 41.9 Å². The van der Waals surface area contributed by atoms with Gasteiger partial charge in [-0.3, -0.25) is 0 Å². The van der Waals surface area contributed by atoms with Crippen LogP contribution in [0, 0.1) is 0 Å². The Morgan fingerprint density at radius 2 is 2.00 bits per heavy atom. The van der Waals surface area contributed by atoms with E-state index in [1.165, 1.54) is 5.56 Å². The number of anilines is 1. The van der Waals surface area contributed by atoms with Crippen molar-refractivity contribution < 1.29 is 0 Å². The molecule has 0 atom stereocenters. The minimum Gasteiger partial charge on any atom is -0.379 e. The zero-order valence-electron chi connectivity index (χ0n) is 9.65. The molecule has 18 heavy (non-hydrogen) atoms. The van der Waals surface area contributed by atoms with Crippen molar-refractivity contribution in [2.24, 2.45) is 0 Å². The van der Waals surface area contributed by atoms with Crippen molar-refractivity contribution in [2.75, 3.05) is 5.32 Å². The molecular weight excluding hydrogens is 246 g/mol. The van der Waals surface area contributed by atoms with Gasteiger partial charge in [0, 0.05) is 18.1 Å². The maximum Gasteiger partial charge on any atom is 0.153 e. The SMILES string of the molecule is Clc1ncc(NCc2ccccc2)c2cc[nH]c12. The molecule has 1 aromatic carbocycles. The second kappa shape index (κ2) is 4.70. The zero-order chi connectivity index (χ0) is 12.4. The molecular formula is C14H12ClN3. The molecule has 3 nitrogen and oxygen atoms in total. The molecule has 0 unspecified atom stereocenters. The molecule has 0 amide bonds. The van der Waals surface area contributed by atoms with E-state index in [4.69, 9.17) is 11.6 Å². The Hall–Kier alpha value is -2.00. The van der Waals surface area contributed by atoms with Crippen LogP contribution in [0.25, 0.3) is 10.9 Å². The molecule has 0 fully saturated rings. The van der Waals surface area contributed by atoms with Crippen LogP contribution in [0.4, 0.5) is 5.69 Å². The van der Waals surface area contributed by atoms with Crippen molar-refractivity contribution in [1.82, 2.24) is 9.97 Å². The van der Waals surface area contributed by atoms with E-state index < -0.39 is 0 Å². The van der Waals surface area contributed by atoms with Crippen LogP contribution in [0.3, 0.4) is 0 Å². The third kappa shape index (κ3) is 2.05. The lowest BCUT2D eigenvalue weighted by atomic mass is 10.2. The van der Waals surface area contributed by atoms with Gasteiger partial charge in [-0.15, -0.1) is 0 Å². The first-order valence-corrected chi connectivity index (χ1v) is 6.12. The van der Waals surface area contributed by atoms with Crippen molar-refractivity contribution in [1.29, 1.82) is 0 Å². The van der Waals surface area contributed by atoms with Crippen LogP contribution in [0.5, 0.6) is 0 Å². The van der Waals surface area contributed by atoms with Gasteiger partial charge in [0.05, 0.1) is 17.4 Å². The molecule has 0 aliphatic heterocycles. The van der Waals surface area contributed by atoms with Crippen LogP contribution in [-0.2, 0) is 6.54 Å². The van der Waals surface area contributed by atoms with E-state index in [1.54, 1.807) is 6.20 Å².